The van der Waals surface area contributed by atoms with Crippen LogP contribution in [0.1, 0.15) is 0 Å². The third kappa shape index (κ3) is 10.3. The SMILES string of the molecule is CN(C)/C=C/C=C/C(=O)/C=C/C=C/N(C)C. The molecule has 0 aliphatic heterocycles. The van der Waals surface area contributed by atoms with E-state index >= 15 is 0 Å². The van der Waals surface area contributed by atoms with Crippen LogP contribution in [0.2, 0.25) is 0 Å². The summed E-state index contributed by atoms with van der Waals surface area (Å²) < 4.78 is 0. The fourth-order valence-electron chi connectivity index (χ4n) is 0.800. The summed E-state index contributed by atoms with van der Waals surface area (Å²) in [5.41, 5.74) is 0. The highest BCUT2D eigenvalue weighted by molar-refractivity contribution is 5.99. The average molecular weight is 220 g/mol. The molecule has 0 amide bonds. The number of carbonyl (C=O) groups excluding carboxylic acids is 1. The monoisotopic (exact) mass is 220 g/mol. The van der Waals surface area contributed by atoms with E-state index < -0.39 is 0 Å². The Hall–Kier alpha value is -1.77. The first-order valence-electron chi connectivity index (χ1n) is 5.09. The smallest absolute Gasteiger partial charge is 0.178 e. The molecular formula is C13H20N2O. The second kappa shape index (κ2) is 8.53. The Balaban J connectivity index is 3.99. The van der Waals surface area contributed by atoms with Gasteiger partial charge in [-0.15, -0.1) is 0 Å². The van der Waals surface area contributed by atoms with Gasteiger partial charge in [-0.05, 0) is 36.7 Å². The van der Waals surface area contributed by atoms with Gasteiger partial charge < -0.3 is 9.80 Å². The van der Waals surface area contributed by atoms with Crippen LogP contribution in [0.15, 0.2) is 48.9 Å². The van der Waals surface area contributed by atoms with Crippen LogP contribution in [0.3, 0.4) is 0 Å². The Morgan fingerprint density at radius 1 is 0.750 bits per heavy atom. The van der Waals surface area contributed by atoms with Crippen molar-refractivity contribution < 1.29 is 4.79 Å². The van der Waals surface area contributed by atoms with Gasteiger partial charge in [-0.1, -0.05) is 12.2 Å². The van der Waals surface area contributed by atoms with Crippen molar-refractivity contribution in [2.75, 3.05) is 28.2 Å². The van der Waals surface area contributed by atoms with E-state index in [9.17, 15) is 4.79 Å². The molecule has 0 heterocycles. The minimum atomic E-state index is -0.0215. The van der Waals surface area contributed by atoms with Gasteiger partial charge in [0.25, 0.3) is 0 Å². The van der Waals surface area contributed by atoms with Crippen LogP contribution < -0.4 is 0 Å². The molecule has 0 aliphatic rings. The molecule has 0 unspecified atom stereocenters. The molecule has 0 saturated heterocycles. The summed E-state index contributed by atoms with van der Waals surface area (Å²) in [6, 6.07) is 0. The number of rotatable bonds is 6. The molecule has 0 radical (unpaired) electrons. The fraction of sp³-hybridized carbons (Fsp3) is 0.308. The molecule has 88 valence electrons. The highest BCUT2D eigenvalue weighted by Crippen LogP contribution is 1.86. The quantitative estimate of drug-likeness (QED) is 0.504. The van der Waals surface area contributed by atoms with E-state index in [0.29, 0.717) is 0 Å². The number of ketones is 1. The molecule has 3 heteroatoms. The average Bonchev–Trinajstić information content (AvgIpc) is 2.19. The standard InChI is InChI=1S/C13H20N2O/c1-14(2)11-7-5-9-13(16)10-6-8-12-15(3)4/h5-12H,1-4H3/b9-5+,10-6+,11-7+,12-8+. The molecule has 0 aromatic carbocycles. The van der Waals surface area contributed by atoms with Crippen molar-refractivity contribution in [1.82, 2.24) is 9.80 Å². The molecule has 0 fully saturated rings. The van der Waals surface area contributed by atoms with Gasteiger partial charge in [0.1, 0.15) is 0 Å². The third-order valence-electron chi connectivity index (χ3n) is 1.51. The van der Waals surface area contributed by atoms with Gasteiger partial charge >= 0.3 is 0 Å². The summed E-state index contributed by atoms with van der Waals surface area (Å²) in [5, 5.41) is 0. The molecule has 0 bridgehead atoms. The van der Waals surface area contributed by atoms with Gasteiger partial charge in [0.05, 0.1) is 0 Å². The zero-order valence-electron chi connectivity index (χ0n) is 10.4. The largest absolute Gasteiger partial charge is 0.383 e. The normalized spacial score (nSPS) is 12.2. The molecule has 0 rings (SSSR count). The van der Waals surface area contributed by atoms with E-state index in [1.807, 2.05) is 62.5 Å². The Kier molecular flexibility index (Phi) is 7.59. The number of carbonyl (C=O) groups is 1. The van der Waals surface area contributed by atoms with Crippen LogP contribution in [0.25, 0.3) is 0 Å². The summed E-state index contributed by atoms with van der Waals surface area (Å²) in [6.45, 7) is 0. The molecule has 0 aromatic rings. The predicted molar refractivity (Wildman–Crippen MR) is 68.9 cm³/mol. The molecule has 0 saturated carbocycles. The van der Waals surface area contributed by atoms with Gasteiger partial charge in [0.15, 0.2) is 5.78 Å². The highest BCUT2D eigenvalue weighted by Gasteiger charge is 1.84. The topological polar surface area (TPSA) is 23.6 Å². The van der Waals surface area contributed by atoms with Crippen molar-refractivity contribution in [3.8, 4) is 0 Å². The summed E-state index contributed by atoms with van der Waals surface area (Å²) in [5.74, 6) is -0.0215. The van der Waals surface area contributed by atoms with Gasteiger partial charge in [-0.25, -0.2) is 0 Å². The third-order valence-corrected chi connectivity index (χ3v) is 1.51. The highest BCUT2D eigenvalue weighted by atomic mass is 16.1. The van der Waals surface area contributed by atoms with E-state index in [-0.39, 0.29) is 5.78 Å². The van der Waals surface area contributed by atoms with Gasteiger partial charge in [-0.2, -0.15) is 0 Å². The maximum atomic E-state index is 11.3. The predicted octanol–water partition coefficient (Wildman–Crippen LogP) is 1.82. The van der Waals surface area contributed by atoms with E-state index in [0.717, 1.165) is 0 Å². The van der Waals surface area contributed by atoms with E-state index in [1.165, 1.54) is 12.2 Å². The Morgan fingerprint density at radius 2 is 1.12 bits per heavy atom. The summed E-state index contributed by atoms with van der Waals surface area (Å²) in [7, 11) is 7.71. The van der Waals surface area contributed by atoms with Crippen LogP contribution in [0, 0.1) is 0 Å². The van der Waals surface area contributed by atoms with Crippen molar-refractivity contribution in [3.63, 3.8) is 0 Å². The van der Waals surface area contributed by atoms with Crippen LogP contribution in [-0.4, -0.2) is 43.8 Å². The first-order chi connectivity index (χ1) is 7.52. The molecule has 0 aliphatic carbocycles. The van der Waals surface area contributed by atoms with E-state index in [2.05, 4.69) is 0 Å². The minimum Gasteiger partial charge on any atom is -0.383 e. The van der Waals surface area contributed by atoms with Crippen molar-refractivity contribution in [2.24, 2.45) is 0 Å². The van der Waals surface area contributed by atoms with Gasteiger partial charge in [-0.3, -0.25) is 4.79 Å². The van der Waals surface area contributed by atoms with Gasteiger partial charge in [0, 0.05) is 28.2 Å². The Bertz CT molecular complexity index is 280. The maximum absolute atomic E-state index is 11.3. The van der Waals surface area contributed by atoms with Crippen molar-refractivity contribution in [2.45, 2.75) is 0 Å². The Labute approximate surface area is 98.0 Å². The first-order valence-corrected chi connectivity index (χ1v) is 5.09. The lowest BCUT2D eigenvalue weighted by Gasteiger charge is -2.00. The Morgan fingerprint density at radius 3 is 1.44 bits per heavy atom. The van der Waals surface area contributed by atoms with Crippen molar-refractivity contribution >= 4 is 5.78 Å². The van der Waals surface area contributed by atoms with Crippen LogP contribution in [0.4, 0.5) is 0 Å². The number of nitrogens with zero attached hydrogens (tertiary/aromatic N) is 2. The summed E-state index contributed by atoms with van der Waals surface area (Å²) in [6.07, 6.45) is 13.9. The number of hydrogen-bond donors (Lipinski definition) is 0. The number of allylic oxidation sites excluding steroid dienone is 6. The second-order valence-electron chi connectivity index (χ2n) is 3.73. The molecule has 0 spiro atoms. The number of hydrogen-bond acceptors (Lipinski definition) is 3. The molecule has 3 nitrogen and oxygen atoms in total. The molecular weight excluding hydrogens is 200 g/mol. The second-order valence-corrected chi connectivity index (χ2v) is 3.73. The van der Waals surface area contributed by atoms with Crippen LogP contribution in [0.5, 0.6) is 0 Å². The minimum absolute atomic E-state index is 0.0215. The zero-order chi connectivity index (χ0) is 12.4. The lowest BCUT2D eigenvalue weighted by atomic mass is 10.3. The van der Waals surface area contributed by atoms with Gasteiger partial charge in [0.2, 0.25) is 0 Å². The lowest BCUT2D eigenvalue weighted by Crippen LogP contribution is -1.99. The van der Waals surface area contributed by atoms with E-state index in [4.69, 9.17) is 0 Å². The molecule has 16 heavy (non-hydrogen) atoms. The first kappa shape index (κ1) is 14.2. The zero-order valence-corrected chi connectivity index (χ0v) is 10.4. The van der Waals surface area contributed by atoms with Crippen LogP contribution in [-0.2, 0) is 4.79 Å². The van der Waals surface area contributed by atoms with Crippen molar-refractivity contribution in [3.05, 3.63) is 48.9 Å². The lowest BCUT2D eigenvalue weighted by molar-refractivity contribution is -0.110. The molecule has 0 atom stereocenters. The summed E-state index contributed by atoms with van der Waals surface area (Å²) in [4.78, 5) is 15.1. The summed E-state index contributed by atoms with van der Waals surface area (Å²) >= 11 is 0. The van der Waals surface area contributed by atoms with Crippen molar-refractivity contribution in [1.29, 1.82) is 0 Å². The molecule has 0 N–H and O–H groups in total. The van der Waals surface area contributed by atoms with Crippen LogP contribution >= 0.6 is 0 Å². The fourth-order valence-corrected chi connectivity index (χ4v) is 0.800. The van der Waals surface area contributed by atoms with E-state index in [1.54, 1.807) is 12.2 Å². The maximum Gasteiger partial charge on any atom is 0.178 e. The molecule has 0 aromatic heterocycles.